The van der Waals surface area contributed by atoms with Crippen LogP contribution in [0.25, 0.3) is 0 Å². The first-order chi connectivity index (χ1) is 40.0. The summed E-state index contributed by atoms with van der Waals surface area (Å²) in [5, 5.41) is 0. The molecule has 0 amide bonds. The summed E-state index contributed by atoms with van der Waals surface area (Å²) in [6.07, 6.45) is 91.8. The Bertz CT molecular complexity index is 1530. The van der Waals surface area contributed by atoms with Crippen LogP contribution >= 0.6 is 0 Å². The molecule has 0 saturated heterocycles. The van der Waals surface area contributed by atoms with Crippen molar-refractivity contribution in [3.63, 3.8) is 0 Å². The van der Waals surface area contributed by atoms with Gasteiger partial charge in [-0.3, -0.25) is 14.4 Å². The summed E-state index contributed by atoms with van der Waals surface area (Å²) >= 11 is 0. The van der Waals surface area contributed by atoms with Crippen molar-refractivity contribution in [1.82, 2.24) is 0 Å². The maximum absolute atomic E-state index is 13.0. The fourth-order valence-corrected chi connectivity index (χ4v) is 10.1. The van der Waals surface area contributed by atoms with Crippen LogP contribution in [-0.2, 0) is 28.6 Å². The van der Waals surface area contributed by atoms with Crippen LogP contribution < -0.4 is 0 Å². The van der Waals surface area contributed by atoms with Crippen LogP contribution in [-0.4, -0.2) is 37.2 Å². The standard InChI is InChI=1S/C75H132O6/c1-4-7-10-13-16-19-22-25-27-29-31-33-35-37-39-41-43-45-47-50-53-56-59-62-65-68-74(77)80-71-72(70-79-73(76)67-64-61-58-55-52-49-24-21-18-15-12-9-6-3)81-75(78)69-66-63-60-57-54-51-48-46-44-42-40-38-36-34-32-30-28-26-23-20-17-14-11-8-5-2/h7,10,16,19,21,24-25,27,30-33,37,39,72H,4-6,8-9,11-15,17-18,20,22-23,26,28-29,34-36,38,40-71H2,1-3H3/b10-7-,19-16-,24-21-,27-25-,32-30-,33-31-,39-37-. The first kappa shape index (κ1) is 77.6. The number of carbonyl (C=O) groups excluding carboxylic acids is 3. The SMILES string of the molecule is CC/C=C\C/C=C\C/C=C\C/C=C\C/C=C\CCCCCCCCCCCC(=O)OCC(COC(=O)CCCCCCC/C=C\CCCCCC)OC(=O)CCCCCCCCCCCCCCC/C=C\CCCCCCCCCC. The average Bonchev–Trinajstić information content (AvgIpc) is 3.46. The molecule has 1 atom stereocenters. The maximum Gasteiger partial charge on any atom is 0.306 e. The van der Waals surface area contributed by atoms with E-state index in [1.807, 2.05) is 0 Å². The largest absolute Gasteiger partial charge is 0.462 e. The quantitative estimate of drug-likeness (QED) is 0.0261. The Balaban J connectivity index is 4.29. The highest BCUT2D eigenvalue weighted by Gasteiger charge is 2.19. The smallest absolute Gasteiger partial charge is 0.306 e. The van der Waals surface area contributed by atoms with Gasteiger partial charge in [0.15, 0.2) is 6.10 Å². The lowest BCUT2D eigenvalue weighted by molar-refractivity contribution is -0.167. The molecule has 0 spiro atoms. The fraction of sp³-hybridized carbons (Fsp3) is 0.773. The Kier molecular flexibility index (Phi) is 66.2. The number of hydrogen-bond acceptors (Lipinski definition) is 6. The molecule has 1 unspecified atom stereocenters. The molecule has 0 saturated carbocycles. The zero-order chi connectivity index (χ0) is 58.5. The maximum atomic E-state index is 13.0. The molecular weight excluding hydrogens is 997 g/mol. The molecule has 468 valence electrons. The molecule has 0 aromatic carbocycles. The van der Waals surface area contributed by atoms with Gasteiger partial charge in [-0.25, -0.2) is 0 Å². The fourth-order valence-electron chi connectivity index (χ4n) is 10.1. The van der Waals surface area contributed by atoms with Crippen LogP contribution in [0.5, 0.6) is 0 Å². The molecule has 0 aliphatic carbocycles. The van der Waals surface area contributed by atoms with E-state index in [0.717, 1.165) is 103 Å². The van der Waals surface area contributed by atoms with E-state index in [0.29, 0.717) is 19.3 Å². The van der Waals surface area contributed by atoms with Gasteiger partial charge < -0.3 is 14.2 Å². The summed E-state index contributed by atoms with van der Waals surface area (Å²) in [5.41, 5.74) is 0. The third-order valence-electron chi connectivity index (χ3n) is 15.4. The van der Waals surface area contributed by atoms with E-state index in [-0.39, 0.29) is 31.1 Å². The van der Waals surface area contributed by atoms with Crippen molar-refractivity contribution in [2.24, 2.45) is 0 Å². The summed E-state index contributed by atoms with van der Waals surface area (Å²) in [4.78, 5) is 38.4. The van der Waals surface area contributed by atoms with E-state index in [1.165, 1.54) is 212 Å². The number of esters is 3. The van der Waals surface area contributed by atoms with Crippen molar-refractivity contribution < 1.29 is 28.6 Å². The van der Waals surface area contributed by atoms with Gasteiger partial charge in [-0.2, -0.15) is 0 Å². The predicted molar refractivity (Wildman–Crippen MR) is 353 cm³/mol. The first-order valence-electron chi connectivity index (χ1n) is 35.1. The van der Waals surface area contributed by atoms with Gasteiger partial charge in [0.05, 0.1) is 0 Å². The monoisotopic (exact) mass is 1130 g/mol. The Morgan fingerprint density at radius 2 is 0.481 bits per heavy atom. The van der Waals surface area contributed by atoms with Crippen molar-refractivity contribution in [1.29, 1.82) is 0 Å². The number of hydrogen-bond donors (Lipinski definition) is 0. The Hall–Kier alpha value is -3.41. The van der Waals surface area contributed by atoms with E-state index in [1.54, 1.807) is 0 Å². The molecule has 81 heavy (non-hydrogen) atoms. The van der Waals surface area contributed by atoms with Crippen LogP contribution in [0.1, 0.15) is 355 Å². The van der Waals surface area contributed by atoms with Crippen molar-refractivity contribution in [3.05, 3.63) is 85.1 Å². The summed E-state index contributed by atoms with van der Waals surface area (Å²) in [6, 6.07) is 0. The number of ether oxygens (including phenoxy) is 3. The van der Waals surface area contributed by atoms with Crippen LogP contribution in [0.3, 0.4) is 0 Å². The van der Waals surface area contributed by atoms with Gasteiger partial charge in [0, 0.05) is 19.3 Å². The van der Waals surface area contributed by atoms with Crippen molar-refractivity contribution >= 4 is 17.9 Å². The summed E-state index contributed by atoms with van der Waals surface area (Å²) in [5.74, 6) is -0.877. The molecule has 0 aromatic heterocycles. The van der Waals surface area contributed by atoms with E-state index < -0.39 is 6.10 Å². The summed E-state index contributed by atoms with van der Waals surface area (Å²) < 4.78 is 17.0. The Morgan fingerprint density at radius 3 is 0.778 bits per heavy atom. The second-order valence-electron chi connectivity index (χ2n) is 23.4. The lowest BCUT2D eigenvalue weighted by Gasteiger charge is -2.18. The highest BCUT2D eigenvalue weighted by Crippen LogP contribution is 2.17. The Labute approximate surface area is 503 Å². The number of allylic oxidation sites excluding steroid dienone is 14. The molecule has 6 nitrogen and oxygen atoms in total. The van der Waals surface area contributed by atoms with Gasteiger partial charge in [-0.1, -0.05) is 305 Å². The highest BCUT2D eigenvalue weighted by atomic mass is 16.6. The minimum absolute atomic E-state index is 0.0802. The van der Waals surface area contributed by atoms with E-state index in [2.05, 4.69) is 106 Å². The van der Waals surface area contributed by atoms with Crippen LogP contribution in [0, 0.1) is 0 Å². The van der Waals surface area contributed by atoms with Gasteiger partial charge in [0.1, 0.15) is 13.2 Å². The normalized spacial score (nSPS) is 12.6. The van der Waals surface area contributed by atoms with Gasteiger partial charge in [0.25, 0.3) is 0 Å². The van der Waals surface area contributed by atoms with Crippen LogP contribution in [0.15, 0.2) is 85.1 Å². The molecular formula is C75H132O6. The topological polar surface area (TPSA) is 78.9 Å². The Morgan fingerprint density at radius 1 is 0.259 bits per heavy atom. The second-order valence-corrected chi connectivity index (χ2v) is 23.4. The van der Waals surface area contributed by atoms with Gasteiger partial charge in [0.2, 0.25) is 0 Å². The lowest BCUT2D eigenvalue weighted by Crippen LogP contribution is -2.30. The molecule has 0 rings (SSSR count). The summed E-state index contributed by atoms with van der Waals surface area (Å²) in [6.45, 7) is 6.54. The molecule has 0 aliphatic rings. The minimum Gasteiger partial charge on any atom is -0.462 e. The number of rotatable bonds is 64. The van der Waals surface area contributed by atoms with Crippen molar-refractivity contribution in [3.8, 4) is 0 Å². The summed E-state index contributed by atoms with van der Waals surface area (Å²) in [7, 11) is 0. The van der Waals surface area contributed by atoms with E-state index in [9.17, 15) is 14.4 Å². The molecule has 0 N–H and O–H groups in total. The first-order valence-corrected chi connectivity index (χ1v) is 35.1. The zero-order valence-corrected chi connectivity index (χ0v) is 53.8. The molecule has 0 aromatic rings. The molecule has 6 heteroatoms. The van der Waals surface area contributed by atoms with Crippen LogP contribution in [0.2, 0.25) is 0 Å². The zero-order valence-electron chi connectivity index (χ0n) is 53.8. The molecule has 0 fully saturated rings. The van der Waals surface area contributed by atoms with Crippen molar-refractivity contribution in [2.45, 2.75) is 361 Å². The third-order valence-corrected chi connectivity index (χ3v) is 15.4. The van der Waals surface area contributed by atoms with Gasteiger partial charge in [-0.05, 0) is 116 Å². The minimum atomic E-state index is -0.784. The number of unbranched alkanes of at least 4 members (excludes halogenated alkanes) is 39. The highest BCUT2D eigenvalue weighted by molar-refractivity contribution is 5.71. The third kappa shape index (κ3) is 67.3. The van der Waals surface area contributed by atoms with Crippen molar-refractivity contribution in [2.75, 3.05) is 13.2 Å². The number of carbonyl (C=O) groups is 3. The van der Waals surface area contributed by atoms with Gasteiger partial charge >= 0.3 is 17.9 Å². The van der Waals surface area contributed by atoms with E-state index >= 15 is 0 Å². The van der Waals surface area contributed by atoms with E-state index in [4.69, 9.17) is 14.2 Å². The second kappa shape index (κ2) is 69.1. The van der Waals surface area contributed by atoms with Crippen LogP contribution in [0.4, 0.5) is 0 Å². The molecule has 0 aliphatic heterocycles. The molecule has 0 heterocycles. The average molecular weight is 1130 g/mol. The lowest BCUT2D eigenvalue weighted by atomic mass is 10.0. The predicted octanol–water partition coefficient (Wildman–Crippen LogP) is 24.2. The molecule has 0 radical (unpaired) electrons. The molecule has 0 bridgehead atoms. The van der Waals surface area contributed by atoms with Gasteiger partial charge in [-0.15, -0.1) is 0 Å².